The lowest BCUT2D eigenvalue weighted by Gasteiger charge is -2.12. The highest BCUT2D eigenvalue weighted by atomic mass is 19.1. The SMILES string of the molecule is C=CCn1c(=O)n(CC=C)c(=O)n(CC(=O)NCc2ccc(F)c(C)c2)c1=O. The van der Waals surface area contributed by atoms with E-state index in [9.17, 15) is 23.6 Å². The zero-order chi connectivity index (χ0) is 20.8. The molecular formula is C19H21FN4O4. The van der Waals surface area contributed by atoms with Crippen molar-refractivity contribution in [3.05, 3.63) is 91.9 Å². The predicted octanol–water partition coefficient (Wildman–Crippen LogP) is 0.308. The molecule has 0 unspecified atom stereocenters. The summed E-state index contributed by atoms with van der Waals surface area (Å²) in [6, 6.07) is 4.40. The fraction of sp³-hybridized carbons (Fsp3) is 0.263. The van der Waals surface area contributed by atoms with Crippen molar-refractivity contribution in [2.45, 2.75) is 33.1 Å². The van der Waals surface area contributed by atoms with Gasteiger partial charge in [-0.25, -0.2) is 32.5 Å². The summed E-state index contributed by atoms with van der Waals surface area (Å²) in [6.07, 6.45) is 2.68. The van der Waals surface area contributed by atoms with Crippen LogP contribution < -0.4 is 22.4 Å². The first kappa shape index (κ1) is 20.8. The van der Waals surface area contributed by atoms with E-state index >= 15 is 0 Å². The second kappa shape index (κ2) is 8.94. The van der Waals surface area contributed by atoms with E-state index in [0.717, 1.165) is 9.13 Å². The fourth-order valence-corrected chi connectivity index (χ4v) is 2.61. The van der Waals surface area contributed by atoms with E-state index in [2.05, 4.69) is 18.5 Å². The summed E-state index contributed by atoms with van der Waals surface area (Å²) in [4.78, 5) is 49.5. The molecule has 1 aromatic heterocycles. The van der Waals surface area contributed by atoms with Crippen LogP contribution in [-0.4, -0.2) is 19.6 Å². The van der Waals surface area contributed by atoms with E-state index < -0.39 is 29.5 Å². The van der Waals surface area contributed by atoms with Gasteiger partial charge >= 0.3 is 17.1 Å². The van der Waals surface area contributed by atoms with E-state index in [1.807, 2.05) is 0 Å². The zero-order valence-electron chi connectivity index (χ0n) is 15.5. The molecule has 0 saturated heterocycles. The van der Waals surface area contributed by atoms with Crippen LogP contribution in [0.3, 0.4) is 0 Å². The molecule has 0 fully saturated rings. The third-order valence-electron chi connectivity index (χ3n) is 4.02. The quantitative estimate of drug-likeness (QED) is 0.659. The molecule has 148 valence electrons. The van der Waals surface area contributed by atoms with Crippen LogP contribution in [-0.2, 0) is 31.0 Å². The number of rotatable bonds is 8. The summed E-state index contributed by atoms with van der Waals surface area (Å²) >= 11 is 0. The van der Waals surface area contributed by atoms with Crippen molar-refractivity contribution < 1.29 is 9.18 Å². The number of nitrogens with zero attached hydrogens (tertiary/aromatic N) is 3. The maximum absolute atomic E-state index is 13.3. The molecule has 0 aliphatic heterocycles. The van der Waals surface area contributed by atoms with Gasteiger partial charge in [-0.05, 0) is 24.1 Å². The molecule has 8 nitrogen and oxygen atoms in total. The van der Waals surface area contributed by atoms with Gasteiger partial charge in [0.1, 0.15) is 12.4 Å². The summed E-state index contributed by atoms with van der Waals surface area (Å²) in [5.74, 6) is -0.955. The van der Waals surface area contributed by atoms with Crippen molar-refractivity contribution in [3.8, 4) is 0 Å². The van der Waals surface area contributed by atoms with Gasteiger partial charge in [0.2, 0.25) is 5.91 Å². The first-order valence-corrected chi connectivity index (χ1v) is 8.48. The Bertz CT molecular complexity index is 1050. The van der Waals surface area contributed by atoms with Gasteiger partial charge < -0.3 is 5.32 Å². The lowest BCUT2D eigenvalue weighted by Crippen LogP contribution is -2.55. The molecular weight excluding hydrogens is 367 g/mol. The minimum atomic E-state index is -0.900. The van der Waals surface area contributed by atoms with Crippen LogP contribution in [0, 0.1) is 12.7 Å². The molecule has 0 spiro atoms. The Morgan fingerprint density at radius 2 is 1.57 bits per heavy atom. The molecule has 0 bridgehead atoms. The van der Waals surface area contributed by atoms with Gasteiger partial charge in [-0.3, -0.25) is 4.79 Å². The minimum absolute atomic E-state index is 0.0991. The number of amides is 1. The maximum atomic E-state index is 13.3. The third kappa shape index (κ3) is 4.43. The normalized spacial score (nSPS) is 10.5. The summed E-state index contributed by atoms with van der Waals surface area (Å²) in [6.45, 7) is 7.89. The molecule has 0 saturated carbocycles. The standard InChI is InChI=1S/C19H21FN4O4/c1-4-8-22-17(26)23(9-5-2)19(28)24(18(22)27)12-16(25)21-11-14-6-7-15(20)13(3)10-14/h4-7,10H,1-2,8-9,11-12H2,3H3,(H,21,25). The Balaban J connectivity index is 2.29. The molecule has 0 aliphatic carbocycles. The summed E-state index contributed by atoms with van der Waals surface area (Å²) < 4.78 is 15.6. The Morgan fingerprint density at radius 1 is 1.04 bits per heavy atom. The molecule has 1 heterocycles. The van der Waals surface area contributed by atoms with E-state index in [0.29, 0.717) is 15.7 Å². The Labute approximate surface area is 159 Å². The highest BCUT2D eigenvalue weighted by molar-refractivity contribution is 5.75. The zero-order valence-corrected chi connectivity index (χ0v) is 15.5. The van der Waals surface area contributed by atoms with Gasteiger partial charge in [0.15, 0.2) is 0 Å². The lowest BCUT2D eigenvalue weighted by atomic mass is 10.1. The summed E-state index contributed by atoms with van der Waals surface area (Å²) in [5.41, 5.74) is -1.49. The smallest absolute Gasteiger partial charge is 0.337 e. The second-order valence-corrected chi connectivity index (χ2v) is 6.09. The number of hydrogen-bond acceptors (Lipinski definition) is 4. The number of aryl methyl sites for hydroxylation is 1. The highest BCUT2D eigenvalue weighted by Gasteiger charge is 2.16. The van der Waals surface area contributed by atoms with Gasteiger partial charge in [0.05, 0.1) is 13.1 Å². The van der Waals surface area contributed by atoms with Crippen molar-refractivity contribution in [2.75, 3.05) is 0 Å². The molecule has 28 heavy (non-hydrogen) atoms. The molecule has 1 N–H and O–H groups in total. The number of carbonyl (C=O) groups is 1. The third-order valence-corrected chi connectivity index (χ3v) is 4.02. The molecule has 1 aromatic carbocycles. The number of allylic oxidation sites excluding steroid dienone is 2. The fourth-order valence-electron chi connectivity index (χ4n) is 2.61. The van der Waals surface area contributed by atoms with E-state index in [-0.39, 0.29) is 25.5 Å². The molecule has 0 atom stereocenters. The van der Waals surface area contributed by atoms with Crippen LogP contribution in [0.15, 0.2) is 57.9 Å². The molecule has 2 aromatic rings. The molecule has 1 amide bonds. The van der Waals surface area contributed by atoms with Crippen LogP contribution in [0.25, 0.3) is 0 Å². The first-order chi connectivity index (χ1) is 13.3. The molecule has 2 rings (SSSR count). The Morgan fingerprint density at radius 3 is 2.07 bits per heavy atom. The largest absolute Gasteiger partial charge is 0.350 e. The van der Waals surface area contributed by atoms with Crippen molar-refractivity contribution in [2.24, 2.45) is 0 Å². The van der Waals surface area contributed by atoms with Crippen molar-refractivity contribution in [1.29, 1.82) is 0 Å². The molecule has 9 heteroatoms. The number of carbonyl (C=O) groups excluding carboxylic acids is 1. The number of halogens is 1. The van der Waals surface area contributed by atoms with Crippen molar-refractivity contribution in [1.82, 2.24) is 19.0 Å². The molecule has 0 aliphatic rings. The van der Waals surface area contributed by atoms with Crippen LogP contribution in [0.4, 0.5) is 4.39 Å². The average Bonchev–Trinajstić information content (AvgIpc) is 2.66. The number of benzene rings is 1. The minimum Gasteiger partial charge on any atom is -0.350 e. The van der Waals surface area contributed by atoms with Crippen LogP contribution in [0.5, 0.6) is 0 Å². The lowest BCUT2D eigenvalue weighted by molar-refractivity contribution is -0.122. The summed E-state index contributed by atoms with van der Waals surface area (Å²) in [7, 11) is 0. The van der Waals surface area contributed by atoms with Crippen molar-refractivity contribution in [3.63, 3.8) is 0 Å². The summed E-state index contributed by atoms with van der Waals surface area (Å²) in [5, 5.41) is 2.57. The second-order valence-electron chi connectivity index (χ2n) is 6.09. The molecule has 0 radical (unpaired) electrons. The number of aromatic nitrogens is 3. The predicted molar refractivity (Wildman–Crippen MR) is 103 cm³/mol. The topological polar surface area (TPSA) is 95.1 Å². The monoisotopic (exact) mass is 388 g/mol. The average molecular weight is 388 g/mol. The van der Waals surface area contributed by atoms with Gasteiger partial charge in [0.25, 0.3) is 0 Å². The van der Waals surface area contributed by atoms with Gasteiger partial charge in [-0.2, -0.15) is 0 Å². The van der Waals surface area contributed by atoms with E-state index in [1.54, 1.807) is 13.0 Å². The Hall–Kier alpha value is -3.49. The number of nitrogens with one attached hydrogen (secondary N) is 1. The van der Waals surface area contributed by atoms with Crippen LogP contribution >= 0.6 is 0 Å². The van der Waals surface area contributed by atoms with Crippen molar-refractivity contribution >= 4 is 5.91 Å². The highest BCUT2D eigenvalue weighted by Crippen LogP contribution is 2.08. The van der Waals surface area contributed by atoms with E-state index in [4.69, 9.17) is 0 Å². The van der Waals surface area contributed by atoms with Gasteiger partial charge in [-0.1, -0.05) is 24.3 Å². The van der Waals surface area contributed by atoms with Crippen LogP contribution in [0.1, 0.15) is 11.1 Å². The first-order valence-electron chi connectivity index (χ1n) is 8.48. The Kier molecular flexibility index (Phi) is 6.64. The van der Waals surface area contributed by atoms with Gasteiger partial charge in [0, 0.05) is 6.54 Å². The maximum Gasteiger partial charge on any atom is 0.337 e. The van der Waals surface area contributed by atoms with Crippen LogP contribution in [0.2, 0.25) is 0 Å². The van der Waals surface area contributed by atoms with Gasteiger partial charge in [-0.15, -0.1) is 13.2 Å². The number of hydrogen-bond donors (Lipinski definition) is 1. The van der Waals surface area contributed by atoms with E-state index in [1.165, 1.54) is 24.3 Å².